The molecule has 0 saturated heterocycles. The van der Waals surface area contributed by atoms with Gasteiger partial charge >= 0.3 is 0 Å². The van der Waals surface area contributed by atoms with Crippen LogP contribution in [0.1, 0.15) is 195 Å². The minimum atomic E-state index is 0.410. The highest BCUT2D eigenvalue weighted by Crippen LogP contribution is 2.38. The summed E-state index contributed by atoms with van der Waals surface area (Å²) in [4.78, 5) is 13.3. The predicted molar refractivity (Wildman–Crippen MR) is 485 cm³/mol. The first kappa shape index (κ1) is 98.9. The molecule has 0 saturated carbocycles. The van der Waals surface area contributed by atoms with Crippen molar-refractivity contribution in [3.63, 3.8) is 0 Å². The Kier molecular flexibility index (Phi) is 48.6. The maximum Gasteiger partial charge on any atom is 0.227 e. The van der Waals surface area contributed by atoms with Crippen LogP contribution in [0.3, 0.4) is 0 Å². The fourth-order valence-electron chi connectivity index (χ4n) is 11.1. The molecule has 598 valence electrons. The Hall–Kier alpha value is -10.1. The van der Waals surface area contributed by atoms with Crippen LogP contribution in [0.5, 0.6) is 0 Å². The van der Waals surface area contributed by atoms with Crippen LogP contribution in [0.25, 0.3) is 89.2 Å². The Morgan fingerprint density at radius 3 is 0.910 bits per heavy atom. The lowest BCUT2D eigenvalue weighted by Crippen LogP contribution is -2.39. The maximum atomic E-state index is 6.05. The second kappa shape index (κ2) is 54.5. The van der Waals surface area contributed by atoms with Crippen molar-refractivity contribution >= 4 is 49.8 Å². The van der Waals surface area contributed by atoms with E-state index in [0.29, 0.717) is 23.6 Å². The lowest BCUT2D eigenvalue weighted by Gasteiger charge is -2.32. The van der Waals surface area contributed by atoms with Crippen LogP contribution in [-0.4, -0.2) is 27.1 Å². The molecule has 0 unspecified atom stereocenters. The Bertz CT molecular complexity index is 4300. The van der Waals surface area contributed by atoms with E-state index in [9.17, 15) is 0 Å². The normalized spacial score (nSPS) is 11.2. The van der Waals surface area contributed by atoms with Gasteiger partial charge in [-0.15, -0.1) is 0 Å². The summed E-state index contributed by atoms with van der Waals surface area (Å²) in [6.45, 7) is 61.2. The summed E-state index contributed by atoms with van der Waals surface area (Å²) in [5, 5.41) is 4.35. The van der Waals surface area contributed by atoms with Gasteiger partial charge in [-0.2, -0.15) is 0 Å². The van der Waals surface area contributed by atoms with Crippen molar-refractivity contribution in [3.8, 4) is 45.0 Å². The van der Waals surface area contributed by atoms with Crippen LogP contribution in [0, 0.1) is 51.4 Å². The molecular formula is C101H146N8O2+4. The fraction of sp³-hybridized carbons (Fsp3) is 0.386. The molecule has 13 aromatic rings. The second-order valence-corrected chi connectivity index (χ2v) is 28.7. The first-order valence-electron chi connectivity index (χ1n) is 41.0. The summed E-state index contributed by atoms with van der Waals surface area (Å²) < 4.78 is 20.6. The van der Waals surface area contributed by atoms with Gasteiger partial charge in [0.05, 0.1) is 11.1 Å². The van der Waals surface area contributed by atoms with E-state index < -0.39 is 0 Å². The molecule has 0 N–H and O–H groups in total. The topological polar surface area (TPSA) is 74.1 Å². The highest BCUT2D eigenvalue weighted by atomic mass is 16.3. The average Bonchev–Trinajstić information content (AvgIpc) is 1.62. The van der Waals surface area contributed by atoms with Crippen molar-refractivity contribution in [3.05, 3.63) is 272 Å². The minimum Gasteiger partial charge on any atom is -0.437 e. The zero-order valence-corrected chi connectivity index (χ0v) is 75.0. The quantitative estimate of drug-likeness (QED) is 0.154. The number of hydrogen-bond donors (Lipinski definition) is 0. The molecule has 111 heavy (non-hydrogen) atoms. The first-order valence-corrected chi connectivity index (χ1v) is 41.0. The monoisotopic (exact) mass is 1500 g/mol. The molecule has 10 heteroatoms. The third-order valence-corrected chi connectivity index (χ3v) is 15.7. The highest BCUT2D eigenvalue weighted by Gasteiger charge is 2.25. The van der Waals surface area contributed by atoms with E-state index >= 15 is 0 Å². The SMILES string of the molecule is CC.CC.CC.CC.CC.CC(C)C.CC(C)C.CC(C)C.CC(C)C.CC(C)N1C=CN(c2ccccc2)[C@H]1C.Cc1ccc2c(oc3ncccc32)c1-c1cccc[n+]1C.Cc1ccc2c(oc3ncccc32)c1-c1cccc[n+]1C.Cc1ccccc1-c1cccc[n+]1C.Cc1ccccc1-c1cccc[n+]1C. The molecule has 0 bridgehead atoms. The van der Waals surface area contributed by atoms with Gasteiger partial charge in [0.2, 0.25) is 34.2 Å². The summed E-state index contributed by atoms with van der Waals surface area (Å²) in [5.74, 6) is 3.33. The van der Waals surface area contributed by atoms with Crippen molar-refractivity contribution in [2.24, 2.45) is 51.9 Å². The van der Waals surface area contributed by atoms with Gasteiger partial charge in [0, 0.05) is 118 Å². The van der Waals surface area contributed by atoms with Crippen molar-refractivity contribution in [2.45, 2.75) is 213 Å². The summed E-state index contributed by atoms with van der Waals surface area (Å²) in [7, 11) is 8.24. The van der Waals surface area contributed by atoms with Crippen molar-refractivity contribution in [2.75, 3.05) is 4.90 Å². The molecule has 0 spiro atoms. The fourth-order valence-corrected chi connectivity index (χ4v) is 11.1. The molecule has 0 radical (unpaired) electrons. The molecule has 0 amide bonds. The van der Waals surface area contributed by atoms with Crippen molar-refractivity contribution in [1.29, 1.82) is 0 Å². The van der Waals surface area contributed by atoms with Gasteiger partial charge in [0.25, 0.3) is 0 Å². The van der Waals surface area contributed by atoms with Gasteiger partial charge in [-0.3, -0.25) is 0 Å². The minimum absolute atomic E-state index is 0.410. The Morgan fingerprint density at radius 2 is 0.613 bits per heavy atom. The van der Waals surface area contributed by atoms with Gasteiger partial charge in [-0.25, -0.2) is 28.2 Å². The van der Waals surface area contributed by atoms with Gasteiger partial charge in [-0.1, -0.05) is 231 Å². The number of rotatable bonds is 6. The molecule has 10 nitrogen and oxygen atoms in total. The van der Waals surface area contributed by atoms with E-state index in [1.165, 1.54) is 50.5 Å². The van der Waals surface area contributed by atoms with Crippen molar-refractivity contribution in [1.82, 2.24) is 14.9 Å². The van der Waals surface area contributed by atoms with E-state index in [4.69, 9.17) is 8.83 Å². The van der Waals surface area contributed by atoms with E-state index in [0.717, 1.165) is 78.9 Å². The average molecular weight is 1500 g/mol. The van der Waals surface area contributed by atoms with E-state index in [2.05, 4.69) is 393 Å². The zero-order valence-electron chi connectivity index (χ0n) is 75.0. The molecule has 14 rings (SSSR count). The number of benzene rings is 5. The number of para-hydroxylation sites is 1. The summed E-state index contributed by atoms with van der Waals surface area (Å²) in [6, 6.07) is 69.3. The molecule has 1 atom stereocenters. The summed E-state index contributed by atoms with van der Waals surface area (Å²) in [6.07, 6.45) is 16.5. The number of furan rings is 2. The van der Waals surface area contributed by atoms with Crippen molar-refractivity contribution < 1.29 is 27.1 Å². The Labute approximate surface area is 674 Å². The smallest absolute Gasteiger partial charge is 0.227 e. The molecule has 0 aliphatic carbocycles. The largest absolute Gasteiger partial charge is 0.437 e. The van der Waals surface area contributed by atoms with Gasteiger partial charge in [-0.05, 0) is 167 Å². The molecule has 9 heterocycles. The number of hydrogen-bond acceptors (Lipinski definition) is 6. The molecule has 0 fully saturated rings. The molecule has 5 aromatic carbocycles. The van der Waals surface area contributed by atoms with Crippen LogP contribution in [-0.2, 0) is 28.2 Å². The van der Waals surface area contributed by atoms with Crippen LogP contribution >= 0.6 is 0 Å². The molecule has 1 aliphatic rings. The van der Waals surface area contributed by atoms with E-state index in [1.54, 1.807) is 12.4 Å². The maximum absolute atomic E-state index is 6.05. The molecular weight excluding hydrogens is 1360 g/mol. The van der Waals surface area contributed by atoms with Gasteiger partial charge in [0.1, 0.15) is 34.4 Å². The lowest BCUT2D eigenvalue weighted by molar-refractivity contribution is -0.660. The third kappa shape index (κ3) is 32.1. The number of aromatic nitrogens is 6. The van der Waals surface area contributed by atoms with E-state index in [1.807, 2.05) is 112 Å². The van der Waals surface area contributed by atoms with Crippen LogP contribution in [0.15, 0.2) is 259 Å². The Balaban J connectivity index is 0.000000648. The van der Waals surface area contributed by atoms with Crippen LogP contribution < -0.4 is 23.2 Å². The van der Waals surface area contributed by atoms with Gasteiger partial charge in [0.15, 0.2) is 36.0 Å². The van der Waals surface area contributed by atoms with Crippen LogP contribution in [0.2, 0.25) is 0 Å². The van der Waals surface area contributed by atoms with E-state index in [-0.39, 0.29) is 0 Å². The summed E-state index contributed by atoms with van der Waals surface area (Å²) >= 11 is 0. The molecule has 8 aromatic heterocycles. The number of aryl methyl sites for hydroxylation is 8. The summed E-state index contributed by atoms with van der Waals surface area (Å²) in [5.41, 5.74) is 19.1. The zero-order chi connectivity index (χ0) is 83.9. The number of fused-ring (bicyclic) bond motifs is 6. The number of pyridine rings is 6. The standard InChI is InChI=1S/2C18H15N2O.C13H18N2.2C13H14N.4C4H10.5C2H6/c2*1-12-8-9-13-14-6-5-10-19-18(14)21-17(13)16(12)15-7-3-4-11-20(15)2;1-11(2)14-9-10-15(12(14)3)13-7-5-4-6-8-13;2*1-11-7-3-4-8-12(11)13-9-5-6-10-14(13)2;4*1-4(2)3;5*1-2/h2*3-11H,1-2H3;4-12H,1-3H3;2*3-10H,1-2H3;4*4H,1-3H3;5*1-2H3/q2*+1;;2*+1;;;;;;;;;/t;;12-;;;;;;;;;;;/m..0.........../s1. The predicted octanol–water partition coefficient (Wildman–Crippen LogP) is 27.3. The number of nitrogens with zero attached hydrogens (tertiary/aromatic N) is 8. The second-order valence-electron chi connectivity index (χ2n) is 28.7. The lowest BCUT2D eigenvalue weighted by atomic mass is 10.0. The van der Waals surface area contributed by atoms with Crippen LogP contribution in [0.4, 0.5) is 5.69 Å². The molecule has 1 aliphatic heterocycles. The third-order valence-electron chi connectivity index (χ3n) is 15.7. The first-order chi connectivity index (χ1) is 53.2. The highest BCUT2D eigenvalue weighted by molar-refractivity contribution is 6.09. The van der Waals surface area contributed by atoms with Gasteiger partial charge < -0.3 is 18.6 Å². The Morgan fingerprint density at radius 1 is 0.315 bits per heavy atom. The number of anilines is 1.